The van der Waals surface area contributed by atoms with Crippen molar-refractivity contribution in [1.29, 1.82) is 0 Å². The van der Waals surface area contributed by atoms with Gasteiger partial charge < -0.3 is 14.5 Å². The average molecular weight is 257 g/mol. The predicted molar refractivity (Wildman–Crippen MR) is 75.2 cm³/mol. The third kappa shape index (κ3) is 2.99. The molecule has 0 saturated heterocycles. The van der Waals surface area contributed by atoms with Crippen LogP contribution >= 0.6 is 0 Å². The average Bonchev–Trinajstić information content (AvgIpc) is 3.11. The highest BCUT2D eigenvalue weighted by molar-refractivity contribution is 5.66. The van der Waals surface area contributed by atoms with Crippen molar-refractivity contribution in [2.45, 2.75) is 32.4 Å². The zero-order chi connectivity index (χ0) is 13.1. The van der Waals surface area contributed by atoms with Crippen LogP contribution in [0.1, 0.15) is 25.5 Å². The lowest BCUT2D eigenvalue weighted by Gasteiger charge is -2.07. The lowest BCUT2D eigenvalue weighted by molar-refractivity contribution is 0.303. The molecule has 1 aromatic carbocycles. The van der Waals surface area contributed by atoms with Crippen LogP contribution in [0.3, 0.4) is 0 Å². The van der Waals surface area contributed by atoms with Crippen LogP contribution in [0.25, 0.3) is 11.1 Å². The molecule has 0 spiro atoms. The molecule has 19 heavy (non-hydrogen) atoms. The number of benzene rings is 1. The summed E-state index contributed by atoms with van der Waals surface area (Å²) in [6.45, 7) is 3.78. The van der Waals surface area contributed by atoms with E-state index in [-0.39, 0.29) is 0 Å². The Labute approximate surface area is 113 Å². The Bertz CT molecular complexity index is 543. The van der Waals surface area contributed by atoms with Crippen molar-refractivity contribution in [1.82, 2.24) is 5.32 Å². The maximum absolute atomic E-state index is 5.84. The summed E-state index contributed by atoms with van der Waals surface area (Å²) in [6.07, 6.45) is 4.54. The second-order valence-electron chi connectivity index (χ2n) is 4.88. The van der Waals surface area contributed by atoms with Crippen LogP contribution in [-0.4, -0.2) is 12.6 Å². The second kappa shape index (κ2) is 5.49. The molecule has 1 saturated carbocycles. The Morgan fingerprint density at radius 1 is 1.32 bits per heavy atom. The lowest BCUT2D eigenvalue weighted by atomic mass is 10.1. The molecule has 0 atom stereocenters. The number of nitrogens with one attached hydrogen (secondary N) is 1. The van der Waals surface area contributed by atoms with Crippen LogP contribution in [0.5, 0.6) is 5.75 Å². The van der Waals surface area contributed by atoms with Crippen LogP contribution in [0, 0.1) is 0 Å². The van der Waals surface area contributed by atoms with Crippen LogP contribution in [0.15, 0.2) is 41.0 Å². The summed E-state index contributed by atoms with van der Waals surface area (Å²) in [6, 6.07) is 10.3. The largest absolute Gasteiger partial charge is 0.490 e. The number of ether oxygens (including phenoxy) is 1. The van der Waals surface area contributed by atoms with E-state index in [4.69, 9.17) is 9.15 Å². The number of hydrogen-bond donors (Lipinski definition) is 1. The molecule has 1 aliphatic carbocycles. The zero-order valence-electron chi connectivity index (χ0n) is 11.2. The topological polar surface area (TPSA) is 34.4 Å². The van der Waals surface area contributed by atoms with Gasteiger partial charge in [0, 0.05) is 5.56 Å². The maximum atomic E-state index is 5.84. The highest BCUT2D eigenvalue weighted by atomic mass is 16.5. The van der Waals surface area contributed by atoms with Gasteiger partial charge in [-0.05, 0) is 43.1 Å². The van der Waals surface area contributed by atoms with Gasteiger partial charge in [0.15, 0.2) is 0 Å². The van der Waals surface area contributed by atoms with E-state index in [9.17, 15) is 0 Å². The molecule has 3 nitrogen and oxygen atoms in total. The van der Waals surface area contributed by atoms with Crippen molar-refractivity contribution in [3.63, 3.8) is 0 Å². The summed E-state index contributed by atoms with van der Waals surface area (Å²) in [7, 11) is 0. The smallest absolute Gasteiger partial charge is 0.125 e. The minimum atomic E-state index is 0.431. The Kier molecular flexibility index (Phi) is 3.56. The molecule has 1 heterocycles. The van der Waals surface area contributed by atoms with Gasteiger partial charge in [0.1, 0.15) is 11.5 Å². The molecule has 1 N–H and O–H groups in total. The Morgan fingerprint density at radius 3 is 3.00 bits per heavy atom. The molecule has 1 aliphatic rings. The van der Waals surface area contributed by atoms with Gasteiger partial charge in [0.25, 0.3) is 0 Å². The number of rotatable bonds is 6. The Balaban J connectivity index is 1.82. The predicted octanol–water partition coefficient (Wildman–Crippen LogP) is 3.60. The number of hydrogen-bond acceptors (Lipinski definition) is 3. The van der Waals surface area contributed by atoms with Crippen molar-refractivity contribution in [3.8, 4) is 16.9 Å². The molecular weight excluding hydrogens is 238 g/mol. The summed E-state index contributed by atoms with van der Waals surface area (Å²) in [4.78, 5) is 0. The van der Waals surface area contributed by atoms with Gasteiger partial charge >= 0.3 is 0 Å². The SMILES string of the molecule is CCNCc1occc1-c1cccc(OC2CC2)c1. The zero-order valence-corrected chi connectivity index (χ0v) is 11.2. The van der Waals surface area contributed by atoms with E-state index in [0.717, 1.165) is 35.7 Å². The van der Waals surface area contributed by atoms with E-state index in [1.807, 2.05) is 18.2 Å². The van der Waals surface area contributed by atoms with Gasteiger partial charge in [-0.25, -0.2) is 0 Å². The monoisotopic (exact) mass is 257 g/mol. The van der Waals surface area contributed by atoms with Crippen molar-refractivity contribution in [3.05, 3.63) is 42.4 Å². The summed E-state index contributed by atoms with van der Waals surface area (Å²) in [5.41, 5.74) is 2.29. The molecule has 1 fully saturated rings. The summed E-state index contributed by atoms with van der Waals surface area (Å²) < 4.78 is 11.4. The van der Waals surface area contributed by atoms with E-state index in [1.54, 1.807) is 6.26 Å². The third-order valence-corrected chi connectivity index (χ3v) is 3.25. The molecule has 1 aromatic heterocycles. The Morgan fingerprint density at radius 2 is 2.21 bits per heavy atom. The molecule has 0 aliphatic heterocycles. The minimum Gasteiger partial charge on any atom is -0.490 e. The van der Waals surface area contributed by atoms with Gasteiger partial charge in [-0.1, -0.05) is 19.1 Å². The standard InChI is InChI=1S/C16H19NO2/c1-2-17-11-16-15(8-9-18-16)12-4-3-5-14(10-12)19-13-6-7-13/h3-5,8-10,13,17H,2,6-7,11H2,1H3. The molecule has 0 unspecified atom stereocenters. The lowest BCUT2D eigenvalue weighted by Crippen LogP contribution is -2.11. The van der Waals surface area contributed by atoms with Gasteiger partial charge in [0.2, 0.25) is 0 Å². The molecule has 0 amide bonds. The van der Waals surface area contributed by atoms with E-state index in [2.05, 4.69) is 24.4 Å². The molecule has 3 rings (SSSR count). The maximum Gasteiger partial charge on any atom is 0.125 e. The first-order chi connectivity index (χ1) is 9.36. The fourth-order valence-electron chi connectivity index (χ4n) is 2.09. The molecule has 100 valence electrons. The first kappa shape index (κ1) is 12.3. The van der Waals surface area contributed by atoms with Crippen molar-refractivity contribution >= 4 is 0 Å². The Hall–Kier alpha value is -1.74. The van der Waals surface area contributed by atoms with E-state index in [0.29, 0.717) is 6.10 Å². The van der Waals surface area contributed by atoms with Crippen LogP contribution in [-0.2, 0) is 6.54 Å². The highest BCUT2D eigenvalue weighted by Gasteiger charge is 2.23. The summed E-state index contributed by atoms with van der Waals surface area (Å²) in [5.74, 6) is 1.93. The van der Waals surface area contributed by atoms with Crippen molar-refractivity contribution < 1.29 is 9.15 Å². The van der Waals surface area contributed by atoms with Crippen molar-refractivity contribution in [2.75, 3.05) is 6.54 Å². The molecule has 0 radical (unpaired) electrons. The van der Waals surface area contributed by atoms with Crippen LogP contribution < -0.4 is 10.1 Å². The van der Waals surface area contributed by atoms with Gasteiger partial charge in [-0.2, -0.15) is 0 Å². The number of furan rings is 1. The third-order valence-electron chi connectivity index (χ3n) is 3.25. The first-order valence-corrected chi connectivity index (χ1v) is 6.91. The minimum absolute atomic E-state index is 0.431. The molecular formula is C16H19NO2. The summed E-state index contributed by atoms with van der Waals surface area (Å²) >= 11 is 0. The van der Waals surface area contributed by atoms with E-state index >= 15 is 0 Å². The first-order valence-electron chi connectivity index (χ1n) is 6.91. The molecule has 3 heteroatoms. The molecule has 2 aromatic rings. The van der Waals surface area contributed by atoms with Gasteiger partial charge in [0.05, 0.1) is 18.9 Å². The van der Waals surface area contributed by atoms with Crippen LogP contribution in [0.2, 0.25) is 0 Å². The fraction of sp³-hybridized carbons (Fsp3) is 0.375. The highest BCUT2D eigenvalue weighted by Crippen LogP contribution is 2.31. The van der Waals surface area contributed by atoms with Crippen LogP contribution in [0.4, 0.5) is 0 Å². The van der Waals surface area contributed by atoms with Gasteiger partial charge in [-0.3, -0.25) is 0 Å². The normalized spacial score (nSPS) is 14.6. The quantitative estimate of drug-likeness (QED) is 0.858. The summed E-state index contributed by atoms with van der Waals surface area (Å²) in [5, 5.41) is 3.29. The molecule has 0 bridgehead atoms. The van der Waals surface area contributed by atoms with Crippen molar-refractivity contribution in [2.24, 2.45) is 0 Å². The van der Waals surface area contributed by atoms with Gasteiger partial charge in [-0.15, -0.1) is 0 Å². The fourth-order valence-corrected chi connectivity index (χ4v) is 2.09. The van der Waals surface area contributed by atoms with E-state index < -0.39 is 0 Å². The van der Waals surface area contributed by atoms with E-state index in [1.165, 1.54) is 12.8 Å². The second-order valence-corrected chi connectivity index (χ2v) is 4.88.